The van der Waals surface area contributed by atoms with E-state index in [4.69, 9.17) is 0 Å². The van der Waals surface area contributed by atoms with E-state index < -0.39 is 5.91 Å². The number of amides is 1. The van der Waals surface area contributed by atoms with E-state index in [1.165, 1.54) is 24.0 Å². The van der Waals surface area contributed by atoms with Crippen LogP contribution in [0.3, 0.4) is 0 Å². The van der Waals surface area contributed by atoms with Gasteiger partial charge in [0, 0.05) is 21.7 Å². The highest BCUT2D eigenvalue weighted by Gasteiger charge is 2.12. The number of hydrogen-bond acceptors (Lipinski definition) is 5. The summed E-state index contributed by atoms with van der Waals surface area (Å²) in [5, 5.41) is 24.7. The Hall–Kier alpha value is -3.69. The van der Waals surface area contributed by atoms with Crippen LogP contribution >= 0.6 is 11.8 Å². The molecule has 3 rings (SSSR count). The maximum Gasteiger partial charge on any atom is 0.267 e. The molecule has 3 aromatic rings. The second-order valence-corrected chi connectivity index (χ2v) is 7.29. The third kappa shape index (κ3) is 5.41. The highest BCUT2D eigenvalue weighted by atomic mass is 32.2. The number of phenols is 1. The minimum absolute atomic E-state index is 0.0583. The topological polar surface area (TPSA) is 85.2 Å². The number of hydrogen-bond donors (Lipinski definition) is 3. The first-order valence-electron chi connectivity index (χ1n) is 8.86. The van der Waals surface area contributed by atoms with Gasteiger partial charge in [-0.25, -0.2) is 0 Å². The van der Waals surface area contributed by atoms with Crippen LogP contribution in [0.5, 0.6) is 5.75 Å². The molecule has 3 N–H and O–H groups in total. The number of rotatable bonds is 6. The summed E-state index contributed by atoms with van der Waals surface area (Å²) < 4.78 is 0. The van der Waals surface area contributed by atoms with Crippen LogP contribution in [0.4, 0.5) is 11.4 Å². The fourth-order valence-corrected chi connectivity index (χ4v) is 3.50. The molecule has 144 valence electrons. The number of carbonyl (C=O) groups excluding carboxylic acids is 1. The average Bonchev–Trinajstić information content (AvgIpc) is 2.72. The number of benzene rings is 3. The molecule has 3 aromatic carbocycles. The first-order valence-corrected chi connectivity index (χ1v) is 9.68. The van der Waals surface area contributed by atoms with Crippen LogP contribution < -0.4 is 10.6 Å². The smallest absolute Gasteiger partial charge is 0.267 e. The Morgan fingerprint density at radius 2 is 1.76 bits per heavy atom. The van der Waals surface area contributed by atoms with Crippen molar-refractivity contribution in [1.82, 2.24) is 0 Å². The van der Waals surface area contributed by atoms with Gasteiger partial charge in [0.25, 0.3) is 5.91 Å². The molecule has 5 nitrogen and oxygen atoms in total. The third-order valence-electron chi connectivity index (χ3n) is 4.05. The molecule has 0 aliphatic heterocycles. The largest absolute Gasteiger partial charge is 0.508 e. The summed E-state index contributed by atoms with van der Waals surface area (Å²) in [5.74, 6) is -0.347. The molecular formula is C23H19N3O2S. The molecule has 1 amide bonds. The molecule has 0 atom stereocenters. The molecular weight excluding hydrogens is 382 g/mol. The van der Waals surface area contributed by atoms with Gasteiger partial charge in [0.2, 0.25) is 0 Å². The molecule has 0 heterocycles. The highest BCUT2D eigenvalue weighted by molar-refractivity contribution is 7.99. The third-order valence-corrected chi connectivity index (χ3v) is 5.14. The van der Waals surface area contributed by atoms with Crippen LogP contribution in [-0.2, 0) is 4.79 Å². The van der Waals surface area contributed by atoms with E-state index >= 15 is 0 Å². The van der Waals surface area contributed by atoms with Gasteiger partial charge in [-0.3, -0.25) is 4.79 Å². The number of para-hydroxylation sites is 1. The van der Waals surface area contributed by atoms with Crippen molar-refractivity contribution in [3.05, 3.63) is 90.1 Å². The molecule has 0 unspecified atom stereocenters. The number of nitrogens with zero attached hydrogens (tertiary/aromatic N) is 1. The van der Waals surface area contributed by atoms with E-state index in [2.05, 4.69) is 10.6 Å². The number of nitriles is 1. The van der Waals surface area contributed by atoms with Gasteiger partial charge in [0.1, 0.15) is 17.4 Å². The normalized spacial score (nSPS) is 10.8. The lowest BCUT2D eigenvalue weighted by Gasteiger charge is -2.11. The van der Waals surface area contributed by atoms with Crippen molar-refractivity contribution in [3.8, 4) is 11.8 Å². The Morgan fingerprint density at radius 3 is 2.48 bits per heavy atom. The zero-order valence-electron chi connectivity index (χ0n) is 15.7. The lowest BCUT2D eigenvalue weighted by Crippen LogP contribution is -2.15. The molecule has 0 radical (unpaired) electrons. The number of aryl methyl sites for hydroxylation is 1. The second kappa shape index (κ2) is 9.49. The number of anilines is 2. The van der Waals surface area contributed by atoms with E-state index in [0.717, 1.165) is 15.4 Å². The summed E-state index contributed by atoms with van der Waals surface area (Å²) in [6.45, 7) is 1.82. The van der Waals surface area contributed by atoms with Crippen molar-refractivity contribution >= 4 is 29.0 Å². The van der Waals surface area contributed by atoms with Crippen molar-refractivity contribution < 1.29 is 9.90 Å². The van der Waals surface area contributed by atoms with Crippen LogP contribution in [0.1, 0.15) is 5.56 Å². The predicted molar refractivity (Wildman–Crippen MR) is 116 cm³/mol. The fourth-order valence-electron chi connectivity index (χ4n) is 2.57. The quantitative estimate of drug-likeness (QED) is 0.296. The van der Waals surface area contributed by atoms with Crippen molar-refractivity contribution in [1.29, 1.82) is 5.26 Å². The Balaban J connectivity index is 1.75. The maximum atomic E-state index is 12.6. The molecule has 0 saturated heterocycles. The Bertz CT molecular complexity index is 1090. The summed E-state index contributed by atoms with van der Waals surface area (Å²) in [7, 11) is 0. The van der Waals surface area contributed by atoms with Crippen LogP contribution in [0.25, 0.3) is 0 Å². The highest BCUT2D eigenvalue weighted by Crippen LogP contribution is 2.33. The van der Waals surface area contributed by atoms with Gasteiger partial charge >= 0.3 is 0 Å². The average molecular weight is 401 g/mol. The first-order chi connectivity index (χ1) is 14.1. The van der Waals surface area contributed by atoms with E-state index in [1.54, 1.807) is 18.2 Å². The van der Waals surface area contributed by atoms with Crippen LogP contribution in [0, 0.1) is 18.3 Å². The zero-order valence-corrected chi connectivity index (χ0v) is 16.5. The van der Waals surface area contributed by atoms with E-state index in [1.807, 2.05) is 61.5 Å². The molecule has 0 bridgehead atoms. The van der Waals surface area contributed by atoms with Crippen molar-refractivity contribution in [2.75, 3.05) is 10.6 Å². The lowest BCUT2D eigenvalue weighted by molar-refractivity contribution is -0.112. The molecule has 0 fully saturated rings. The summed E-state index contributed by atoms with van der Waals surface area (Å²) >= 11 is 1.53. The number of carbonyl (C=O) groups is 1. The first kappa shape index (κ1) is 20.1. The lowest BCUT2D eigenvalue weighted by atomic mass is 10.2. The summed E-state index contributed by atoms with van der Waals surface area (Å²) in [4.78, 5) is 14.5. The van der Waals surface area contributed by atoms with E-state index in [9.17, 15) is 15.2 Å². The Kier molecular flexibility index (Phi) is 6.56. The number of nitrogens with one attached hydrogen (secondary N) is 2. The number of phenolic OH excluding ortho intramolecular Hbond substituents is 1. The van der Waals surface area contributed by atoms with E-state index in [-0.39, 0.29) is 11.3 Å². The fraction of sp³-hybridized carbons (Fsp3) is 0.0435. The Morgan fingerprint density at radius 1 is 1.03 bits per heavy atom. The minimum atomic E-state index is -0.502. The molecule has 0 saturated carbocycles. The maximum absolute atomic E-state index is 12.6. The molecule has 29 heavy (non-hydrogen) atoms. The van der Waals surface area contributed by atoms with Gasteiger partial charge in [0.15, 0.2) is 0 Å². The molecule has 0 aromatic heterocycles. The van der Waals surface area contributed by atoms with Gasteiger partial charge in [0.05, 0.1) is 5.69 Å². The standard InChI is InChI=1S/C23H19N3O2S/c1-16-13-18(27)11-12-20(16)25-15-17(14-24)23(28)26-21-9-5-6-10-22(21)29-19-7-3-2-4-8-19/h2-13,15,25,27H,1H3,(H,26,28)/b17-15-. The molecule has 6 heteroatoms. The molecule has 0 aliphatic rings. The SMILES string of the molecule is Cc1cc(O)ccc1N/C=C(/C#N)C(=O)Nc1ccccc1Sc1ccccc1. The van der Waals surface area contributed by atoms with Gasteiger partial charge < -0.3 is 15.7 Å². The van der Waals surface area contributed by atoms with Gasteiger partial charge in [-0.1, -0.05) is 42.1 Å². The van der Waals surface area contributed by atoms with E-state index in [0.29, 0.717) is 11.4 Å². The summed E-state index contributed by atoms with van der Waals surface area (Å²) in [6, 6.07) is 24.0. The predicted octanol–water partition coefficient (Wildman–Crippen LogP) is 5.31. The summed E-state index contributed by atoms with van der Waals surface area (Å²) in [6.07, 6.45) is 1.36. The van der Waals surface area contributed by atoms with Gasteiger partial charge in [-0.15, -0.1) is 0 Å². The van der Waals surface area contributed by atoms with Crippen molar-refractivity contribution in [3.63, 3.8) is 0 Å². The van der Waals surface area contributed by atoms with Crippen LogP contribution in [-0.4, -0.2) is 11.0 Å². The van der Waals surface area contributed by atoms with Crippen molar-refractivity contribution in [2.24, 2.45) is 0 Å². The van der Waals surface area contributed by atoms with Gasteiger partial charge in [-0.05, 0) is 55.0 Å². The molecule has 0 spiro atoms. The van der Waals surface area contributed by atoms with Crippen LogP contribution in [0.15, 0.2) is 94.4 Å². The summed E-state index contributed by atoms with van der Waals surface area (Å²) in [5.41, 5.74) is 2.07. The minimum Gasteiger partial charge on any atom is -0.508 e. The number of aromatic hydroxyl groups is 1. The van der Waals surface area contributed by atoms with Gasteiger partial charge in [-0.2, -0.15) is 5.26 Å². The molecule has 0 aliphatic carbocycles. The van der Waals surface area contributed by atoms with Crippen LogP contribution in [0.2, 0.25) is 0 Å². The second-order valence-electron chi connectivity index (χ2n) is 6.18. The monoisotopic (exact) mass is 401 g/mol. The Labute approximate surface area is 173 Å². The zero-order chi connectivity index (χ0) is 20.6. The van der Waals surface area contributed by atoms with Crippen molar-refractivity contribution in [2.45, 2.75) is 16.7 Å².